The van der Waals surface area contributed by atoms with E-state index in [9.17, 15) is 4.79 Å². The Bertz CT molecular complexity index is 997. The topological polar surface area (TPSA) is 62.6 Å². The van der Waals surface area contributed by atoms with Crippen molar-refractivity contribution < 1.29 is 9.53 Å². The number of nitrogens with one attached hydrogen (secondary N) is 1. The van der Waals surface area contributed by atoms with Crippen LogP contribution in [0.15, 0.2) is 67.0 Å². The molecular formula is C25H31N5O2. The minimum Gasteiger partial charge on any atom is -0.378 e. The molecule has 168 valence electrons. The van der Waals surface area contributed by atoms with Crippen LogP contribution < -0.4 is 10.2 Å². The summed E-state index contributed by atoms with van der Waals surface area (Å²) in [6.45, 7) is 6.62. The second-order valence-corrected chi connectivity index (χ2v) is 8.26. The highest BCUT2D eigenvalue weighted by Gasteiger charge is 2.19. The summed E-state index contributed by atoms with van der Waals surface area (Å²) < 4.78 is 7.34. The number of benzene rings is 2. The molecule has 1 unspecified atom stereocenters. The number of aromatic nitrogens is 2. The molecule has 1 fully saturated rings. The van der Waals surface area contributed by atoms with E-state index in [1.807, 2.05) is 66.3 Å². The predicted octanol–water partition coefficient (Wildman–Crippen LogP) is 3.23. The molecule has 0 spiro atoms. The first-order valence-electron chi connectivity index (χ1n) is 11.1. The fraction of sp³-hybridized carbons (Fsp3) is 0.360. The van der Waals surface area contributed by atoms with E-state index in [0.29, 0.717) is 6.54 Å². The highest BCUT2D eigenvalue weighted by atomic mass is 16.5. The lowest BCUT2D eigenvalue weighted by Gasteiger charge is -2.29. The molecule has 7 heteroatoms. The van der Waals surface area contributed by atoms with Crippen molar-refractivity contribution in [2.24, 2.45) is 0 Å². The first kappa shape index (κ1) is 22.0. The Kier molecular flexibility index (Phi) is 7.19. The van der Waals surface area contributed by atoms with E-state index >= 15 is 0 Å². The summed E-state index contributed by atoms with van der Waals surface area (Å²) in [6.07, 6.45) is 3.91. The van der Waals surface area contributed by atoms with Gasteiger partial charge in [-0.25, -0.2) is 0 Å². The molecule has 3 aromatic rings. The van der Waals surface area contributed by atoms with E-state index in [1.54, 1.807) is 0 Å². The van der Waals surface area contributed by atoms with Crippen molar-refractivity contribution in [3.63, 3.8) is 0 Å². The number of likely N-dealkylation sites (N-methyl/N-ethyl adjacent to an activating group) is 1. The van der Waals surface area contributed by atoms with Crippen molar-refractivity contribution in [3.8, 4) is 0 Å². The van der Waals surface area contributed by atoms with Gasteiger partial charge in [0.05, 0.1) is 32.0 Å². The van der Waals surface area contributed by atoms with E-state index in [0.717, 1.165) is 49.8 Å². The van der Waals surface area contributed by atoms with E-state index in [-0.39, 0.29) is 11.9 Å². The second kappa shape index (κ2) is 10.4. The van der Waals surface area contributed by atoms with Crippen molar-refractivity contribution in [1.29, 1.82) is 0 Å². The van der Waals surface area contributed by atoms with Crippen LogP contribution in [0, 0.1) is 0 Å². The number of carbonyl (C=O) groups excluding carboxylic acids is 1. The quantitative estimate of drug-likeness (QED) is 0.591. The molecule has 0 bridgehead atoms. The lowest BCUT2D eigenvalue weighted by molar-refractivity contribution is -0.120. The van der Waals surface area contributed by atoms with Gasteiger partial charge in [0.1, 0.15) is 0 Å². The van der Waals surface area contributed by atoms with Gasteiger partial charge in [0.25, 0.3) is 0 Å². The third kappa shape index (κ3) is 5.75. The zero-order chi connectivity index (χ0) is 22.3. The van der Waals surface area contributed by atoms with Crippen molar-refractivity contribution in [2.45, 2.75) is 26.1 Å². The van der Waals surface area contributed by atoms with Crippen LogP contribution in [0.25, 0.3) is 0 Å². The standard InChI is InChI=1S/C25H31N5O2/c1-20(25(31)27-23-8-10-24(11-9-23)29-12-14-32-15-13-29)28(2)17-22-16-26-30(19-22)18-21-6-4-3-5-7-21/h3-11,16,19-20H,12-15,17-18H2,1-2H3,(H,27,31). The highest BCUT2D eigenvalue weighted by Crippen LogP contribution is 2.19. The molecule has 1 atom stereocenters. The maximum Gasteiger partial charge on any atom is 0.241 e. The molecule has 1 N–H and O–H groups in total. The summed E-state index contributed by atoms with van der Waals surface area (Å²) in [4.78, 5) is 17.1. The van der Waals surface area contributed by atoms with E-state index in [1.165, 1.54) is 5.56 Å². The Hall–Kier alpha value is -3.16. The van der Waals surface area contributed by atoms with Gasteiger partial charge in [-0.2, -0.15) is 5.10 Å². The average molecular weight is 434 g/mol. The number of ether oxygens (including phenoxy) is 1. The number of carbonyl (C=O) groups is 1. The van der Waals surface area contributed by atoms with Crippen LogP contribution in [0.3, 0.4) is 0 Å². The first-order chi connectivity index (χ1) is 15.6. The molecule has 0 saturated carbocycles. The smallest absolute Gasteiger partial charge is 0.241 e. The molecule has 4 rings (SSSR count). The Morgan fingerprint density at radius 3 is 2.53 bits per heavy atom. The molecule has 1 aliphatic heterocycles. The van der Waals surface area contributed by atoms with Gasteiger partial charge in [-0.3, -0.25) is 14.4 Å². The summed E-state index contributed by atoms with van der Waals surface area (Å²) >= 11 is 0. The van der Waals surface area contributed by atoms with Crippen LogP contribution in [-0.2, 0) is 22.6 Å². The monoisotopic (exact) mass is 433 g/mol. The van der Waals surface area contributed by atoms with Crippen LogP contribution in [0.2, 0.25) is 0 Å². The summed E-state index contributed by atoms with van der Waals surface area (Å²) in [5, 5.41) is 7.49. The van der Waals surface area contributed by atoms with E-state index in [2.05, 4.69) is 39.6 Å². The third-order valence-electron chi connectivity index (χ3n) is 5.86. The average Bonchev–Trinajstić information content (AvgIpc) is 3.26. The molecule has 1 aliphatic rings. The first-order valence-corrected chi connectivity index (χ1v) is 11.1. The van der Waals surface area contributed by atoms with Crippen LogP contribution >= 0.6 is 0 Å². The number of nitrogens with zero attached hydrogens (tertiary/aromatic N) is 4. The van der Waals surface area contributed by atoms with Crippen LogP contribution in [0.1, 0.15) is 18.1 Å². The predicted molar refractivity (Wildman–Crippen MR) is 127 cm³/mol. The van der Waals surface area contributed by atoms with Crippen LogP contribution in [0.5, 0.6) is 0 Å². The molecule has 32 heavy (non-hydrogen) atoms. The Balaban J connectivity index is 1.29. The van der Waals surface area contributed by atoms with Crippen LogP contribution in [0.4, 0.5) is 11.4 Å². The molecule has 2 aromatic carbocycles. The van der Waals surface area contributed by atoms with Gasteiger partial charge >= 0.3 is 0 Å². The van der Waals surface area contributed by atoms with Crippen molar-refractivity contribution in [1.82, 2.24) is 14.7 Å². The van der Waals surface area contributed by atoms with E-state index in [4.69, 9.17) is 4.74 Å². The minimum atomic E-state index is -0.272. The minimum absolute atomic E-state index is 0.0247. The number of hydrogen-bond acceptors (Lipinski definition) is 5. The van der Waals surface area contributed by atoms with Crippen molar-refractivity contribution >= 4 is 17.3 Å². The maximum absolute atomic E-state index is 12.8. The Morgan fingerprint density at radius 2 is 1.81 bits per heavy atom. The zero-order valence-electron chi connectivity index (χ0n) is 18.8. The fourth-order valence-corrected chi connectivity index (χ4v) is 3.79. The van der Waals surface area contributed by atoms with Gasteiger partial charge in [0, 0.05) is 42.8 Å². The SMILES string of the molecule is CC(C(=O)Nc1ccc(N2CCOCC2)cc1)N(C)Cc1cnn(Cc2ccccc2)c1. The summed E-state index contributed by atoms with van der Waals surface area (Å²) in [5.41, 5.74) is 4.26. The van der Waals surface area contributed by atoms with Gasteiger partial charge in [-0.15, -0.1) is 0 Å². The van der Waals surface area contributed by atoms with Crippen molar-refractivity contribution in [2.75, 3.05) is 43.6 Å². The summed E-state index contributed by atoms with van der Waals surface area (Å²) in [6, 6.07) is 18.0. The molecule has 0 aliphatic carbocycles. The largest absolute Gasteiger partial charge is 0.378 e. The molecule has 2 heterocycles. The number of rotatable bonds is 8. The van der Waals surface area contributed by atoms with Gasteiger partial charge < -0.3 is 15.0 Å². The molecular weight excluding hydrogens is 402 g/mol. The molecule has 1 amide bonds. The lowest BCUT2D eigenvalue weighted by Crippen LogP contribution is -2.39. The number of anilines is 2. The normalized spacial score (nSPS) is 15.0. The molecule has 1 saturated heterocycles. The number of morpholine rings is 1. The third-order valence-corrected chi connectivity index (χ3v) is 5.86. The number of hydrogen-bond donors (Lipinski definition) is 1. The Morgan fingerprint density at radius 1 is 1.09 bits per heavy atom. The van der Waals surface area contributed by atoms with Gasteiger partial charge in [0.2, 0.25) is 5.91 Å². The zero-order valence-corrected chi connectivity index (χ0v) is 18.8. The summed E-state index contributed by atoms with van der Waals surface area (Å²) in [7, 11) is 1.96. The lowest BCUT2D eigenvalue weighted by atomic mass is 10.2. The van der Waals surface area contributed by atoms with Gasteiger partial charge in [0.15, 0.2) is 0 Å². The van der Waals surface area contributed by atoms with Crippen LogP contribution in [-0.4, -0.2) is 60.0 Å². The van der Waals surface area contributed by atoms with Gasteiger partial charge in [-0.1, -0.05) is 30.3 Å². The van der Waals surface area contributed by atoms with Crippen molar-refractivity contribution in [3.05, 3.63) is 78.1 Å². The summed E-state index contributed by atoms with van der Waals surface area (Å²) in [5.74, 6) is -0.0247. The molecule has 1 aromatic heterocycles. The second-order valence-electron chi connectivity index (χ2n) is 8.26. The van der Waals surface area contributed by atoms with Gasteiger partial charge in [-0.05, 0) is 43.8 Å². The highest BCUT2D eigenvalue weighted by molar-refractivity contribution is 5.94. The molecule has 0 radical (unpaired) electrons. The number of amides is 1. The fourth-order valence-electron chi connectivity index (χ4n) is 3.79. The van der Waals surface area contributed by atoms with E-state index < -0.39 is 0 Å². The molecule has 7 nitrogen and oxygen atoms in total. The Labute approximate surface area is 189 Å². The maximum atomic E-state index is 12.8.